The molecule has 2 N–H and O–H groups in total. The van der Waals surface area contributed by atoms with Crippen LogP contribution in [-0.2, 0) is 12.8 Å². The normalized spacial score (nSPS) is 17.0. The number of nitrogens with two attached hydrogens (primary N) is 1. The molecule has 1 aromatic heterocycles. The van der Waals surface area contributed by atoms with Gasteiger partial charge in [-0.25, -0.2) is 4.39 Å². The maximum Gasteiger partial charge on any atom is 0.225 e. The van der Waals surface area contributed by atoms with E-state index in [1.807, 2.05) is 42.5 Å². The Morgan fingerprint density at radius 2 is 1.91 bits per heavy atom. The zero-order valence-corrected chi connectivity index (χ0v) is 12.6. The molecule has 0 spiro atoms. The van der Waals surface area contributed by atoms with Crippen molar-refractivity contribution in [1.29, 1.82) is 0 Å². The molecule has 0 aliphatic heterocycles. The quantitative estimate of drug-likeness (QED) is 0.766. The number of anilines is 1. The lowest BCUT2D eigenvalue weighted by Gasteiger charge is -2.22. The van der Waals surface area contributed by atoms with E-state index in [1.54, 1.807) is 6.07 Å². The predicted octanol–water partition coefficient (Wildman–Crippen LogP) is 4.34. The van der Waals surface area contributed by atoms with Gasteiger partial charge in [-0.15, -0.1) is 0 Å². The number of hydrogen-bond acceptors (Lipinski definition) is 3. The van der Waals surface area contributed by atoms with Crippen molar-refractivity contribution < 1.29 is 8.91 Å². The van der Waals surface area contributed by atoms with E-state index >= 15 is 0 Å². The Kier molecular flexibility index (Phi) is 3.37. The molecule has 1 heterocycles. The van der Waals surface area contributed by atoms with Gasteiger partial charge in [0.05, 0.1) is 5.69 Å². The van der Waals surface area contributed by atoms with Crippen molar-refractivity contribution >= 4 is 5.88 Å². The number of aromatic nitrogens is 1. The standard InChI is InChI=1S/C19H17FN2O/c20-17-11-13(12-4-2-1-3-5-12)6-8-15(17)14-7-9-18-16(10-14)19(21)23-22-18/h1-6,8,11,14H,7,9-10,21H2. The summed E-state index contributed by atoms with van der Waals surface area (Å²) in [5.41, 5.74) is 10.3. The van der Waals surface area contributed by atoms with Crippen LogP contribution in [0.25, 0.3) is 11.1 Å². The summed E-state index contributed by atoms with van der Waals surface area (Å²) >= 11 is 0. The van der Waals surface area contributed by atoms with E-state index in [0.29, 0.717) is 12.3 Å². The zero-order valence-electron chi connectivity index (χ0n) is 12.6. The van der Waals surface area contributed by atoms with Crippen LogP contribution < -0.4 is 5.73 Å². The molecule has 4 rings (SSSR count). The van der Waals surface area contributed by atoms with Crippen LogP contribution in [0.5, 0.6) is 0 Å². The first-order chi connectivity index (χ1) is 11.2. The first kappa shape index (κ1) is 14.0. The van der Waals surface area contributed by atoms with Crippen molar-refractivity contribution in [3.05, 3.63) is 71.2 Å². The highest BCUT2D eigenvalue weighted by atomic mass is 19.1. The van der Waals surface area contributed by atoms with Gasteiger partial charge in [0.1, 0.15) is 5.82 Å². The molecule has 1 unspecified atom stereocenters. The third kappa shape index (κ3) is 2.50. The second-order valence-corrected chi connectivity index (χ2v) is 6.01. The third-order valence-electron chi connectivity index (χ3n) is 4.63. The highest BCUT2D eigenvalue weighted by molar-refractivity contribution is 5.63. The van der Waals surface area contributed by atoms with Gasteiger partial charge >= 0.3 is 0 Å². The zero-order chi connectivity index (χ0) is 15.8. The summed E-state index contributed by atoms with van der Waals surface area (Å²) in [6.07, 6.45) is 2.33. The van der Waals surface area contributed by atoms with Crippen LogP contribution in [0, 0.1) is 5.82 Å². The van der Waals surface area contributed by atoms with Crippen molar-refractivity contribution in [1.82, 2.24) is 5.16 Å². The van der Waals surface area contributed by atoms with Crippen molar-refractivity contribution in [2.24, 2.45) is 0 Å². The molecule has 2 aromatic carbocycles. The summed E-state index contributed by atoms with van der Waals surface area (Å²) in [5.74, 6) is 0.329. The van der Waals surface area contributed by atoms with Crippen LogP contribution in [-0.4, -0.2) is 5.16 Å². The third-order valence-corrected chi connectivity index (χ3v) is 4.63. The average Bonchev–Trinajstić information content (AvgIpc) is 2.96. The van der Waals surface area contributed by atoms with Crippen LogP contribution in [0.15, 0.2) is 53.1 Å². The van der Waals surface area contributed by atoms with E-state index in [-0.39, 0.29) is 11.7 Å². The maximum atomic E-state index is 14.7. The molecule has 0 saturated heterocycles. The largest absolute Gasteiger partial charge is 0.367 e. The first-order valence-corrected chi connectivity index (χ1v) is 7.80. The van der Waals surface area contributed by atoms with E-state index < -0.39 is 0 Å². The summed E-state index contributed by atoms with van der Waals surface area (Å²) in [7, 11) is 0. The van der Waals surface area contributed by atoms with Gasteiger partial charge in [0, 0.05) is 5.56 Å². The average molecular weight is 308 g/mol. The van der Waals surface area contributed by atoms with Gasteiger partial charge in [-0.05, 0) is 47.9 Å². The van der Waals surface area contributed by atoms with Crippen molar-refractivity contribution in [3.63, 3.8) is 0 Å². The maximum absolute atomic E-state index is 14.7. The molecule has 4 heteroatoms. The number of benzene rings is 2. The Hall–Kier alpha value is -2.62. The van der Waals surface area contributed by atoms with Crippen LogP contribution >= 0.6 is 0 Å². The van der Waals surface area contributed by atoms with Gasteiger partial charge in [-0.2, -0.15) is 0 Å². The molecule has 0 amide bonds. The Morgan fingerprint density at radius 1 is 1.09 bits per heavy atom. The summed E-state index contributed by atoms with van der Waals surface area (Å²) in [6, 6.07) is 15.3. The molecular weight excluding hydrogens is 291 g/mol. The number of rotatable bonds is 2. The number of fused-ring (bicyclic) bond motifs is 1. The number of nitrogen functional groups attached to an aromatic ring is 1. The second kappa shape index (κ2) is 5.54. The monoisotopic (exact) mass is 308 g/mol. The molecule has 0 radical (unpaired) electrons. The predicted molar refractivity (Wildman–Crippen MR) is 87.5 cm³/mol. The highest BCUT2D eigenvalue weighted by Gasteiger charge is 2.27. The van der Waals surface area contributed by atoms with E-state index in [0.717, 1.165) is 40.8 Å². The van der Waals surface area contributed by atoms with Crippen molar-refractivity contribution in [2.45, 2.75) is 25.2 Å². The molecule has 1 atom stereocenters. The molecular formula is C19H17FN2O. The van der Waals surface area contributed by atoms with Crippen LogP contribution in [0.3, 0.4) is 0 Å². The molecule has 0 saturated carbocycles. The minimum atomic E-state index is -0.158. The lowest BCUT2D eigenvalue weighted by atomic mass is 9.82. The minimum Gasteiger partial charge on any atom is -0.367 e. The summed E-state index contributed by atoms with van der Waals surface area (Å²) in [5, 5.41) is 3.97. The Bertz CT molecular complexity index is 842. The van der Waals surface area contributed by atoms with Gasteiger partial charge < -0.3 is 10.3 Å². The molecule has 1 aliphatic rings. The molecule has 1 aliphatic carbocycles. The number of hydrogen-bond donors (Lipinski definition) is 1. The number of nitrogens with zero attached hydrogens (tertiary/aromatic N) is 1. The topological polar surface area (TPSA) is 52.0 Å². The van der Waals surface area contributed by atoms with Gasteiger partial charge in [0.25, 0.3) is 0 Å². The van der Waals surface area contributed by atoms with Gasteiger partial charge in [0.2, 0.25) is 5.88 Å². The first-order valence-electron chi connectivity index (χ1n) is 7.80. The minimum absolute atomic E-state index is 0.119. The SMILES string of the molecule is Nc1onc2c1CC(c1ccc(-c3ccccc3)cc1F)CC2. The lowest BCUT2D eigenvalue weighted by molar-refractivity contribution is 0.425. The molecule has 0 bridgehead atoms. The highest BCUT2D eigenvalue weighted by Crippen LogP contribution is 2.36. The fraction of sp³-hybridized carbons (Fsp3) is 0.211. The number of halogens is 1. The molecule has 3 nitrogen and oxygen atoms in total. The fourth-order valence-electron chi connectivity index (χ4n) is 3.36. The van der Waals surface area contributed by atoms with Gasteiger partial charge in [0.15, 0.2) is 0 Å². The summed E-state index contributed by atoms with van der Waals surface area (Å²) in [4.78, 5) is 0. The van der Waals surface area contributed by atoms with Crippen molar-refractivity contribution in [3.8, 4) is 11.1 Å². The number of aryl methyl sites for hydroxylation is 1. The van der Waals surface area contributed by atoms with E-state index in [1.165, 1.54) is 0 Å². The van der Waals surface area contributed by atoms with Crippen molar-refractivity contribution in [2.75, 3.05) is 5.73 Å². The Morgan fingerprint density at radius 3 is 2.70 bits per heavy atom. The van der Waals surface area contributed by atoms with E-state index in [2.05, 4.69) is 5.16 Å². The summed E-state index contributed by atoms with van der Waals surface area (Å²) in [6.45, 7) is 0. The van der Waals surface area contributed by atoms with Crippen LogP contribution in [0.1, 0.15) is 29.2 Å². The Balaban J connectivity index is 1.65. The Labute approximate surface area is 133 Å². The van der Waals surface area contributed by atoms with E-state index in [9.17, 15) is 4.39 Å². The fourth-order valence-corrected chi connectivity index (χ4v) is 3.36. The van der Waals surface area contributed by atoms with Crippen LogP contribution in [0.2, 0.25) is 0 Å². The molecule has 23 heavy (non-hydrogen) atoms. The van der Waals surface area contributed by atoms with Gasteiger partial charge in [-0.3, -0.25) is 0 Å². The lowest BCUT2D eigenvalue weighted by Crippen LogP contribution is -2.14. The summed E-state index contributed by atoms with van der Waals surface area (Å²) < 4.78 is 19.7. The molecule has 3 aromatic rings. The molecule has 0 fully saturated rings. The van der Waals surface area contributed by atoms with Gasteiger partial charge in [-0.1, -0.05) is 47.6 Å². The molecule has 116 valence electrons. The smallest absolute Gasteiger partial charge is 0.225 e. The second-order valence-electron chi connectivity index (χ2n) is 6.01. The van der Waals surface area contributed by atoms with E-state index in [4.69, 9.17) is 10.3 Å². The van der Waals surface area contributed by atoms with Crippen LogP contribution in [0.4, 0.5) is 10.3 Å².